The zero-order valence-electron chi connectivity index (χ0n) is 12.5. The van der Waals surface area contributed by atoms with Gasteiger partial charge in [0.15, 0.2) is 5.69 Å². The van der Waals surface area contributed by atoms with E-state index in [-0.39, 0.29) is 11.9 Å². The molecule has 1 aliphatic rings. The molecule has 0 radical (unpaired) electrons. The van der Waals surface area contributed by atoms with Crippen LogP contribution in [0.15, 0.2) is 36.5 Å². The normalized spacial score (nSPS) is 17.9. The van der Waals surface area contributed by atoms with Gasteiger partial charge in [0.1, 0.15) is 0 Å². The zero-order chi connectivity index (χ0) is 15.5. The van der Waals surface area contributed by atoms with E-state index in [1.165, 1.54) is 0 Å². The third-order valence-electron chi connectivity index (χ3n) is 3.96. The molecule has 1 aliphatic heterocycles. The lowest BCUT2D eigenvalue weighted by Crippen LogP contribution is -2.41. The van der Waals surface area contributed by atoms with Crippen molar-refractivity contribution >= 4 is 17.5 Å². The van der Waals surface area contributed by atoms with Crippen molar-refractivity contribution in [3.8, 4) is 5.69 Å². The number of halogens is 1. The number of likely N-dealkylation sites (N-methyl/N-ethyl adjacent to an activating group) is 1. The van der Waals surface area contributed by atoms with Gasteiger partial charge in [-0.2, -0.15) is 5.10 Å². The zero-order valence-corrected chi connectivity index (χ0v) is 13.3. The highest BCUT2D eigenvalue weighted by Crippen LogP contribution is 2.20. The molecular formula is C16H19ClN4O. The number of nitrogens with zero attached hydrogens (tertiary/aromatic N) is 3. The Bertz CT molecular complexity index is 670. The third-order valence-corrected chi connectivity index (χ3v) is 4.19. The first-order valence-electron chi connectivity index (χ1n) is 7.46. The molecule has 6 heteroatoms. The number of nitrogens with one attached hydrogen (secondary N) is 1. The molecule has 1 atom stereocenters. The molecule has 1 N–H and O–H groups in total. The molecule has 3 rings (SSSR count). The summed E-state index contributed by atoms with van der Waals surface area (Å²) in [5.74, 6) is -0.00136. The average Bonchev–Trinajstić information content (AvgIpc) is 3.16. The summed E-state index contributed by atoms with van der Waals surface area (Å²) in [6, 6.07) is 9.43. The molecule has 1 amide bonds. The smallest absolute Gasteiger partial charge is 0.274 e. The van der Waals surface area contributed by atoms with Crippen molar-refractivity contribution < 1.29 is 4.79 Å². The summed E-state index contributed by atoms with van der Waals surface area (Å²) in [6.07, 6.45) is 3.89. The molecule has 0 bridgehead atoms. The molecule has 1 saturated heterocycles. The van der Waals surface area contributed by atoms with Gasteiger partial charge in [-0.3, -0.25) is 4.79 Å². The molecule has 5 nitrogen and oxygen atoms in total. The average molecular weight is 319 g/mol. The summed E-state index contributed by atoms with van der Waals surface area (Å²) in [4.78, 5) is 14.6. The highest BCUT2D eigenvalue weighted by Gasteiger charge is 2.29. The number of aromatic nitrogens is 2. The van der Waals surface area contributed by atoms with Crippen LogP contribution < -0.4 is 5.32 Å². The van der Waals surface area contributed by atoms with E-state index in [9.17, 15) is 4.79 Å². The lowest BCUT2D eigenvalue weighted by atomic mass is 10.2. The van der Waals surface area contributed by atoms with E-state index in [1.807, 2.05) is 36.2 Å². The number of likely N-dealkylation sites (tertiary alicyclic amines) is 1. The summed E-state index contributed by atoms with van der Waals surface area (Å²) in [5.41, 5.74) is 1.32. The predicted molar refractivity (Wildman–Crippen MR) is 86.6 cm³/mol. The van der Waals surface area contributed by atoms with Gasteiger partial charge in [0.2, 0.25) is 0 Å². The fourth-order valence-electron chi connectivity index (χ4n) is 2.90. The van der Waals surface area contributed by atoms with Crippen LogP contribution in [0.25, 0.3) is 5.69 Å². The molecule has 116 valence electrons. The first-order chi connectivity index (χ1) is 10.7. The van der Waals surface area contributed by atoms with Crippen LogP contribution in [0, 0.1) is 0 Å². The topological polar surface area (TPSA) is 50.2 Å². The van der Waals surface area contributed by atoms with Gasteiger partial charge >= 0.3 is 0 Å². The Balaban J connectivity index is 1.80. The maximum Gasteiger partial charge on any atom is 0.274 e. The van der Waals surface area contributed by atoms with Crippen molar-refractivity contribution in [2.45, 2.75) is 18.9 Å². The maximum atomic E-state index is 12.6. The van der Waals surface area contributed by atoms with Gasteiger partial charge in [0, 0.05) is 30.4 Å². The van der Waals surface area contributed by atoms with Crippen LogP contribution in [-0.2, 0) is 0 Å². The number of carbonyl (C=O) groups excluding carboxylic acids is 1. The molecule has 1 fully saturated rings. The Morgan fingerprint density at radius 3 is 3.09 bits per heavy atom. The second-order valence-electron chi connectivity index (χ2n) is 5.48. The monoisotopic (exact) mass is 318 g/mol. The predicted octanol–water partition coefficient (Wildman–Crippen LogP) is 2.35. The van der Waals surface area contributed by atoms with Crippen LogP contribution >= 0.6 is 11.6 Å². The van der Waals surface area contributed by atoms with Gasteiger partial charge in [-0.1, -0.05) is 17.7 Å². The number of hydrogen-bond acceptors (Lipinski definition) is 3. The molecule has 1 aromatic heterocycles. The van der Waals surface area contributed by atoms with Crippen molar-refractivity contribution in [1.29, 1.82) is 0 Å². The lowest BCUT2D eigenvalue weighted by Gasteiger charge is -2.23. The molecule has 22 heavy (non-hydrogen) atoms. The minimum atomic E-state index is -0.00136. The van der Waals surface area contributed by atoms with Crippen molar-refractivity contribution in [3.05, 3.63) is 47.2 Å². The fourth-order valence-corrected chi connectivity index (χ4v) is 3.08. The molecule has 2 aromatic rings. The van der Waals surface area contributed by atoms with Crippen LogP contribution in [0.5, 0.6) is 0 Å². The van der Waals surface area contributed by atoms with E-state index >= 15 is 0 Å². The van der Waals surface area contributed by atoms with Gasteiger partial charge in [0.05, 0.1) is 5.69 Å². The Hall–Kier alpha value is -1.85. The van der Waals surface area contributed by atoms with Crippen LogP contribution in [0.4, 0.5) is 0 Å². The molecular weight excluding hydrogens is 300 g/mol. The van der Waals surface area contributed by atoms with Crippen molar-refractivity contribution in [2.24, 2.45) is 0 Å². The Kier molecular flexibility index (Phi) is 4.45. The first kappa shape index (κ1) is 15.1. The SMILES string of the molecule is CNC[C@H]1CCCN1C(=O)c1ccn(-c2cccc(Cl)c2)n1. The van der Waals surface area contributed by atoms with E-state index in [2.05, 4.69) is 10.4 Å². The van der Waals surface area contributed by atoms with E-state index in [4.69, 9.17) is 11.6 Å². The summed E-state index contributed by atoms with van der Waals surface area (Å²) in [7, 11) is 1.91. The van der Waals surface area contributed by atoms with Crippen molar-refractivity contribution in [1.82, 2.24) is 20.0 Å². The van der Waals surface area contributed by atoms with Crippen molar-refractivity contribution in [2.75, 3.05) is 20.1 Å². The second kappa shape index (κ2) is 6.50. The van der Waals surface area contributed by atoms with E-state index in [0.29, 0.717) is 10.7 Å². The fraction of sp³-hybridized carbons (Fsp3) is 0.375. The molecule has 0 unspecified atom stereocenters. The van der Waals surface area contributed by atoms with Gasteiger partial charge in [-0.05, 0) is 44.2 Å². The largest absolute Gasteiger partial charge is 0.333 e. The van der Waals surface area contributed by atoms with Gasteiger partial charge in [-0.25, -0.2) is 4.68 Å². The Labute approximate surface area is 134 Å². The number of amides is 1. The molecule has 0 aliphatic carbocycles. The summed E-state index contributed by atoms with van der Waals surface area (Å²) >= 11 is 6.00. The van der Waals surface area contributed by atoms with Gasteiger partial charge in [0.25, 0.3) is 5.91 Å². The van der Waals surface area contributed by atoms with Crippen LogP contribution in [-0.4, -0.2) is 46.8 Å². The molecule has 0 saturated carbocycles. The van der Waals surface area contributed by atoms with E-state index in [1.54, 1.807) is 16.9 Å². The number of hydrogen-bond donors (Lipinski definition) is 1. The van der Waals surface area contributed by atoms with Crippen LogP contribution in [0.1, 0.15) is 23.3 Å². The third kappa shape index (κ3) is 3.00. The van der Waals surface area contributed by atoms with E-state index < -0.39 is 0 Å². The number of benzene rings is 1. The minimum Gasteiger partial charge on any atom is -0.333 e. The number of carbonyl (C=O) groups is 1. The summed E-state index contributed by atoms with van der Waals surface area (Å²) in [6.45, 7) is 1.62. The standard InChI is InChI=1S/C16H19ClN4O/c1-18-11-14-6-3-8-20(14)16(22)15-7-9-21(19-15)13-5-2-4-12(17)10-13/h2,4-5,7,9-10,14,18H,3,6,8,11H2,1H3/t14-/m1/s1. The summed E-state index contributed by atoms with van der Waals surface area (Å²) < 4.78 is 1.68. The van der Waals surface area contributed by atoms with Gasteiger partial charge in [-0.15, -0.1) is 0 Å². The maximum absolute atomic E-state index is 12.6. The first-order valence-corrected chi connectivity index (χ1v) is 7.84. The molecule has 1 aromatic carbocycles. The lowest BCUT2D eigenvalue weighted by molar-refractivity contribution is 0.0730. The Morgan fingerprint density at radius 1 is 1.45 bits per heavy atom. The highest BCUT2D eigenvalue weighted by molar-refractivity contribution is 6.30. The minimum absolute atomic E-state index is 0.00136. The molecule has 2 heterocycles. The number of rotatable bonds is 4. The second-order valence-corrected chi connectivity index (χ2v) is 5.91. The van der Waals surface area contributed by atoms with Gasteiger partial charge < -0.3 is 10.2 Å². The summed E-state index contributed by atoms with van der Waals surface area (Å²) in [5, 5.41) is 8.20. The molecule has 0 spiro atoms. The van der Waals surface area contributed by atoms with E-state index in [0.717, 1.165) is 31.6 Å². The van der Waals surface area contributed by atoms with Crippen LogP contribution in [0.3, 0.4) is 0 Å². The quantitative estimate of drug-likeness (QED) is 0.941. The van der Waals surface area contributed by atoms with Crippen LogP contribution in [0.2, 0.25) is 5.02 Å². The highest BCUT2D eigenvalue weighted by atomic mass is 35.5. The van der Waals surface area contributed by atoms with Crippen molar-refractivity contribution in [3.63, 3.8) is 0 Å². The Morgan fingerprint density at radius 2 is 2.32 bits per heavy atom.